The van der Waals surface area contributed by atoms with Gasteiger partial charge in [-0.3, -0.25) is 14.4 Å². The Kier molecular flexibility index (Phi) is 9.18. The van der Waals surface area contributed by atoms with Crippen LogP contribution in [0.15, 0.2) is 0 Å². The maximum absolute atomic E-state index is 12.8. The average molecular weight is 371 g/mol. The number of ether oxygens (including phenoxy) is 1. The quantitative estimate of drug-likeness (QED) is 0.359. The van der Waals surface area contributed by atoms with Crippen molar-refractivity contribution in [3.8, 4) is 0 Å². The summed E-state index contributed by atoms with van der Waals surface area (Å²) in [7, 11) is 0. The number of hydrogen-bond acceptors (Lipinski definition) is 7. The molecular formula is C18H33N3O5. The van der Waals surface area contributed by atoms with E-state index in [1.807, 2.05) is 0 Å². The van der Waals surface area contributed by atoms with E-state index in [1.54, 1.807) is 6.92 Å². The normalized spacial score (nSPS) is 24.9. The molecule has 0 heterocycles. The van der Waals surface area contributed by atoms with Crippen molar-refractivity contribution < 1.29 is 24.2 Å². The van der Waals surface area contributed by atoms with Gasteiger partial charge in [0.05, 0.1) is 0 Å². The first-order valence-electron chi connectivity index (χ1n) is 9.30. The Labute approximate surface area is 154 Å². The standard InChI is InChI=1S/C18H33N3O5/c1-18(26-11-22,14(6-7-19)8-15(21)17(24)25)9-16(23)13-4-2-12(10-20)3-5-13/h11-15H,2-10,19-21H2,1H3,(H,24,25)/t12?,13?,14?,15-,18?/m0/s1. The van der Waals surface area contributed by atoms with E-state index in [0.29, 0.717) is 25.4 Å². The highest BCUT2D eigenvalue weighted by molar-refractivity contribution is 5.82. The lowest BCUT2D eigenvalue weighted by molar-refractivity contribution is -0.154. The molecule has 1 fully saturated rings. The number of Topliss-reactive ketones (excluding diaryl/α,β-unsaturated/α-hetero) is 1. The Balaban J connectivity index is 2.85. The zero-order valence-corrected chi connectivity index (χ0v) is 15.6. The lowest BCUT2D eigenvalue weighted by Gasteiger charge is -2.38. The first-order valence-corrected chi connectivity index (χ1v) is 9.30. The van der Waals surface area contributed by atoms with Gasteiger partial charge in [0.25, 0.3) is 6.47 Å². The fourth-order valence-corrected chi connectivity index (χ4v) is 3.88. The minimum atomic E-state index is -1.13. The van der Waals surface area contributed by atoms with Crippen molar-refractivity contribution in [1.82, 2.24) is 0 Å². The minimum absolute atomic E-state index is 0.0377. The van der Waals surface area contributed by atoms with E-state index < -0.39 is 23.5 Å². The molecule has 8 heteroatoms. The lowest BCUT2D eigenvalue weighted by atomic mass is 9.74. The van der Waals surface area contributed by atoms with E-state index >= 15 is 0 Å². The molecule has 0 saturated heterocycles. The predicted octanol–water partition coefficient (Wildman–Crippen LogP) is 0.409. The molecule has 150 valence electrons. The Hall–Kier alpha value is -1.51. The van der Waals surface area contributed by atoms with Gasteiger partial charge in [-0.05, 0) is 64.5 Å². The second-order valence-corrected chi connectivity index (χ2v) is 7.58. The first kappa shape index (κ1) is 22.5. The Bertz CT molecular complexity index is 479. The van der Waals surface area contributed by atoms with Crippen LogP contribution in [0, 0.1) is 17.8 Å². The fourth-order valence-electron chi connectivity index (χ4n) is 3.88. The molecule has 7 N–H and O–H groups in total. The zero-order valence-electron chi connectivity index (χ0n) is 15.6. The summed E-state index contributed by atoms with van der Waals surface area (Å²) >= 11 is 0. The lowest BCUT2D eigenvalue weighted by Crippen LogP contribution is -2.46. The van der Waals surface area contributed by atoms with Gasteiger partial charge in [0.15, 0.2) is 0 Å². The molecule has 0 radical (unpaired) electrons. The number of nitrogens with two attached hydrogens (primary N) is 3. The highest BCUT2D eigenvalue weighted by Gasteiger charge is 2.41. The molecule has 26 heavy (non-hydrogen) atoms. The average Bonchev–Trinajstić information content (AvgIpc) is 2.61. The first-order chi connectivity index (χ1) is 12.3. The Morgan fingerprint density at radius 3 is 2.35 bits per heavy atom. The van der Waals surface area contributed by atoms with Crippen molar-refractivity contribution in [3.05, 3.63) is 0 Å². The molecule has 0 spiro atoms. The van der Waals surface area contributed by atoms with Crippen molar-refractivity contribution in [2.24, 2.45) is 35.0 Å². The maximum atomic E-state index is 12.8. The molecule has 0 aliphatic heterocycles. The van der Waals surface area contributed by atoms with E-state index in [-0.39, 0.29) is 31.1 Å². The van der Waals surface area contributed by atoms with Crippen LogP contribution in [-0.2, 0) is 19.1 Å². The second-order valence-electron chi connectivity index (χ2n) is 7.58. The number of carboxylic acid groups (broad SMARTS) is 1. The van der Waals surface area contributed by atoms with Gasteiger partial charge >= 0.3 is 5.97 Å². The summed E-state index contributed by atoms with van der Waals surface area (Å²) in [6.45, 7) is 2.90. The van der Waals surface area contributed by atoms with E-state index in [9.17, 15) is 14.4 Å². The summed E-state index contributed by atoms with van der Waals surface area (Å²) in [5.74, 6) is -1.11. The van der Waals surface area contributed by atoms with E-state index in [2.05, 4.69) is 0 Å². The van der Waals surface area contributed by atoms with Gasteiger partial charge in [0.1, 0.15) is 17.4 Å². The molecule has 1 rings (SSSR count). The molecule has 0 aromatic rings. The monoisotopic (exact) mass is 371 g/mol. The van der Waals surface area contributed by atoms with Crippen molar-refractivity contribution in [3.63, 3.8) is 0 Å². The third-order valence-corrected chi connectivity index (χ3v) is 5.71. The number of hydrogen-bond donors (Lipinski definition) is 4. The summed E-state index contributed by atoms with van der Waals surface area (Å²) in [4.78, 5) is 35.0. The SMILES string of the molecule is CC(CC(=O)C1CCC(CN)CC1)(OC=O)C(CCN)C[C@H](N)C(=O)O. The van der Waals surface area contributed by atoms with Gasteiger partial charge in [-0.25, -0.2) is 0 Å². The van der Waals surface area contributed by atoms with Crippen LogP contribution in [0.2, 0.25) is 0 Å². The van der Waals surface area contributed by atoms with Crippen LogP contribution >= 0.6 is 0 Å². The summed E-state index contributed by atoms with van der Waals surface area (Å²) in [6, 6.07) is -1.10. The van der Waals surface area contributed by atoms with E-state index in [4.69, 9.17) is 27.0 Å². The Morgan fingerprint density at radius 1 is 1.27 bits per heavy atom. The summed E-state index contributed by atoms with van der Waals surface area (Å²) in [5.41, 5.74) is 15.9. The largest absolute Gasteiger partial charge is 0.480 e. The van der Waals surface area contributed by atoms with Gasteiger partial charge in [-0.2, -0.15) is 0 Å². The second kappa shape index (κ2) is 10.6. The molecular weight excluding hydrogens is 338 g/mol. The molecule has 0 amide bonds. The molecule has 1 saturated carbocycles. The van der Waals surface area contributed by atoms with Gasteiger partial charge in [-0.1, -0.05) is 0 Å². The fraction of sp³-hybridized carbons (Fsp3) is 0.833. The van der Waals surface area contributed by atoms with Crippen molar-refractivity contribution in [1.29, 1.82) is 0 Å². The number of aliphatic carboxylic acids is 1. The summed E-state index contributed by atoms with van der Waals surface area (Å²) in [6.07, 6.45) is 3.97. The number of carboxylic acids is 1. The highest BCUT2D eigenvalue weighted by atomic mass is 16.5. The van der Waals surface area contributed by atoms with E-state index in [0.717, 1.165) is 25.7 Å². The third-order valence-electron chi connectivity index (χ3n) is 5.71. The number of carbonyl (C=O) groups is 3. The molecule has 2 unspecified atom stereocenters. The van der Waals surface area contributed by atoms with Gasteiger partial charge in [0.2, 0.25) is 0 Å². The number of ketones is 1. The van der Waals surface area contributed by atoms with Gasteiger partial charge in [-0.15, -0.1) is 0 Å². The van der Waals surface area contributed by atoms with Crippen LogP contribution < -0.4 is 17.2 Å². The molecule has 0 aromatic heterocycles. The van der Waals surface area contributed by atoms with Crippen LogP contribution in [-0.4, -0.2) is 48.1 Å². The molecule has 3 atom stereocenters. The molecule has 1 aliphatic carbocycles. The Morgan fingerprint density at radius 2 is 1.88 bits per heavy atom. The van der Waals surface area contributed by atoms with Crippen LogP contribution in [0.3, 0.4) is 0 Å². The van der Waals surface area contributed by atoms with Crippen LogP contribution in [0.5, 0.6) is 0 Å². The van der Waals surface area contributed by atoms with Crippen molar-refractivity contribution in [2.75, 3.05) is 13.1 Å². The minimum Gasteiger partial charge on any atom is -0.480 e. The van der Waals surface area contributed by atoms with Gasteiger partial charge in [0, 0.05) is 18.3 Å². The van der Waals surface area contributed by atoms with Crippen molar-refractivity contribution >= 4 is 18.2 Å². The molecule has 0 aromatic carbocycles. The predicted molar refractivity (Wildman–Crippen MR) is 97.1 cm³/mol. The number of carbonyl (C=O) groups excluding carboxylic acids is 2. The number of rotatable bonds is 12. The zero-order chi connectivity index (χ0) is 19.7. The maximum Gasteiger partial charge on any atom is 0.320 e. The summed E-state index contributed by atoms with van der Waals surface area (Å²) < 4.78 is 5.30. The highest BCUT2D eigenvalue weighted by Crippen LogP contribution is 2.36. The molecule has 8 nitrogen and oxygen atoms in total. The van der Waals surface area contributed by atoms with Crippen molar-refractivity contribution in [2.45, 2.75) is 63.5 Å². The smallest absolute Gasteiger partial charge is 0.320 e. The summed E-state index contributed by atoms with van der Waals surface area (Å²) in [5, 5.41) is 9.08. The van der Waals surface area contributed by atoms with Crippen LogP contribution in [0.1, 0.15) is 51.9 Å². The molecule has 1 aliphatic rings. The van der Waals surface area contributed by atoms with Crippen LogP contribution in [0.25, 0.3) is 0 Å². The topological polar surface area (TPSA) is 159 Å². The van der Waals surface area contributed by atoms with Crippen LogP contribution in [0.4, 0.5) is 0 Å². The molecule has 0 bridgehead atoms. The third kappa shape index (κ3) is 6.34. The van der Waals surface area contributed by atoms with E-state index in [1.165, 1.54) is 0 Å². The van der Waals surface area contributed by atoms with Gasteiger partial charge < -0.3 is 27.0 Å².